The summed E-state index contributed by atoms with van der Waals surface area (Å²) in [7, 11) is 0. The Labute approximate surface area is 52.9 Å². The quantitative estimate of drug-likeness (QED) is 0.503. The van der Waals surface area contributed by atoms with E-state index in [9.17, 15) is 0 Å². The molecule has 1 fully saturated rings. The summed E-state index contributed by atoms with van der Waals surface area (Å²) in [5.74, 6) is 0.741. The Morgan fingerprint density at radius 1 is 1.62 bits per heavy atom. The highest BCUT2D eigenvalue weighted by atomic mass is 14.9. The van der Waals surface area contributed by atoms with Crippen molar-refractivity contribution >= 4 is 0 Å². The zero-order chi connectivity index (χ0) is 6.69. The highest BCUT2D eigenvalue weighted by Gasteiger charge is 2.04. The Balaban J connectivity index is 2.29. The van der Waals surface area contributed by atoms with Crippen LogP contribution >= 0.6 is 0 Å². The van der Waals surface area contributed by atoms with Crippen molar-refractivity contribution in [1.29, 1.82) is 0 Å². The van der Waals surface area contributed by atoms with Gasteiger partial charge in [0.05, 0.1) is 0 Å². The molecule has 48 valence electrons. The SMILES string of the molecule is [3H]N1CCCCC(C)C1. The van der Waals surface area contributed by atoms with Gasteiger partial charge in [0, 0.05) is 0 Å². The molecule has 1 unspecified atom stereocenters. The second-order valence-electron chi connectivity index (χ2n) is 2.73. The molecule has 1 saturated heterocycles. The van der Waals surface area contributed by atoms with Gasteiger partial charge in [0.2, 0.25) is 0 Å². The van der Waals surface area contributed by atoms with Gasteiger partial charge in [-0.2, -0.15) is 0 Å². The van der Waals surface area contributed by atoms with E-state index in [4.69, 9.17) is 1.41 Å². The molecule has 0 radical (unpaired) electrons. The molecule has 1 atom stereocenters. The molecule has 0 spiro atoms. The van der Waals surface area contributed by atoms with Crippen molar-refractivity contribution in [3.05, 3.63) is 0 Å². The molecular formula is C7H15N. The van der Waals surface area contributed by atoms with Gasteiger partial charge in [-0.3, -0.25) is 0 Å². The molecule has 0 aromatic carbocycles. The molecule has 0 aromatic heterocycles. The molecule has 0 aliphatic carbocycles. The predicted molar refractivity (Wildman–Crippen MR) is 35.9 cm³/mol. The molecule has 8 heavy (non-hydrogen) atoms. The van der Waals surface area contributed by atoms with Crippen molar-refractivity contribution < 1.29 is 1.41 Å². The molecular weight excluding hydrogens is 98.1 g/mol. The van der Waals surface area contributed by atoms with E-state index in [1.807, 2.05) is 0 Å². The normalized spacial score (nSPS) is 36.1. The summed E-state index contributed by atoms with van der Waals surface area (Å²) in [6.45, 7) is 4.18. The summed E-state index contributed by atoms with van der Waals surface area (Å²) >= 11 is 0. The molecule has 1 heterocycles. The molecule has 1 aliphatic rings. The fraction of sp³-hybridized carbons (Fsp3) is 1.00. The van der Waals surface area contributed by atoms with E-state index < -0.39 is 0 Å². The summed E-state index contributed by atoms with van der Waals surface area (Å²) in [5.41, 5.74) is 0. The second kappa shape index (κ2) is 3.08. The Kier molecular flexibility index (Phi) is 1.85. The number of rotatable bonds is 0. The average molecular weight is 115 g/mol. The lowest BCUT2D eigenvalue weighted by molar-refractivity contribution is 0.525. The molecule has 0 aromatic rings. The Hall–Kier alpha value is -0.0400. The predicted octanol–water partition coefficient (Wildman–Crippen LogP) is 1.40. The van der Waals surface area contributed by atoms with Crippen LogP contribution in [-0.4, -0.2) is 13.1 Å². The third-order valence-corrected chi connectivity index (χ3v) is 1.70. The van der Waals surface area contributed by atoms with Gasteiger partial charge in [-0.15, -0.1) is 0 Å². The minimum Gasteiger partial charge on any atom is -0.316 e. The molecule has 0 bridgehead atoms. The standard InChI is InChI=1S/C7H15N/c1-7-4-2-3-5-8-6-7/h7-8H,2-6H2,1H3/i/hT. The van der Waals surface area contributed by atoms with Gasteiger partial charge in [0.25, 0.3) is 0 Å². The maximum Gasteiger partial charge on any atom is 0.122 e. The molecule has 1 N–H and O–H groups in total. The highest BCUT2D eigenvalue weighted by molar-refractivity contribution is 4.62. The van der Waals surface area contributed by atoms with Gasteiger partial charge < -0.3 is 5.31 Å². The number of nitrogens with one attached hydrogen (secondary N) is 1. The van der Waals surface area contributed by atoms with Gasteiger partial charge in [0.1, 0.15) is 1.41 Å². The van der Waals surface area contributed by atoms with E-state index >= 15 is 0 Å². The van der Waals surface area contributed by atoms with E-state index in [0.717, 1.165) is 19.0 Å². The van der Waals surface area contributed by atoms with E-state index in [-0.39, 0.29) is 0 Å². The van der Waals surface area contributed by atoms with Crippen molar-refractivity contribution in [3.8, 4) is 0 Å². The average Bonchev–Trinajstić information content (AvgIpc) is 1.93. The van der Waals surface area contributed by atoms with Gasteiger partial charge in [-0.1, -0.05) is 13.3 Å². The highest BCUT2D eigenvalue weighted by Crippen LogP contribution is 2.08. The minimum atomic E-state index is 0.741. The van der Waals surface area contributed by atoms with Crippen LogP contribution in [0, 0.1) is 5.92 Å². The summed E-state index contributed by atoms with van der Waals surface area (Å²) in [6, 6.07) is 0. The molecule has 1 nitrogen and oxygen atoms in total. The van der Waals surface area contributed by atoms with Crippen LogP contribution in [0.1, 0.15) is 26.2 Å². The number of hydrogen-bond acceptors (Lipinski definition) is 1. The van der Waals surface area contributed by atoms with Crippen LogP contribution in [0.3, 0.4) is 0 Å². The van der Waals surface area contributed by atoms with Crippen LogP contribution in [0.15, 0.2) is 0 Å². The molecule has 0 amide bonds. The summed E-state index contributed by atoms with van der Waals surface area (Å²) in [4.78, 5) is 0. The van der Waals surface area contributed by atoms with Crippen LogP contribution in [0.2, 0.25) is 1.41 Å². The van der Waals surface area contributed by atoms with Crippen LogP contribution in [0.4, 0.5) is 0 Å². The van der Waals surface area contributed by atoms with Gasteiger partial charge in [-0.05, 0) is 31.8 Å². The van der Waals surface area contributed by atoms with Crippen LogP contribution in [0.25, 0.3) is 0 Å². The summed E-state index contributed by atoms with van der Waals surface area (Å²) in [5, 5.41) is 1.69. The monoisotopic (exact) mass is 115 g/mol. The van der Waals surface area contributed by atoms with Gasteiger partial charge >= 0.3 is 0 Å². The van der Waals surface area contributed by atoms with E-state index in [1.165, 1.54) is 19.3 Å². The van der Waals surface area contributed by atoms with E-state index in [0.29, 0.717) is 0 Å². The van der Waals surface area contributed by atoms with Crippen molar-refractivity contribution in [2.24, 2.45) is 5.92 Å². The molecule has 1 aliphatic heterocycles. The first-order valence-electron chi connectivity index (χ1n) is 3.97. The van der Waals surface area contributed by atoms with Crippen LogP contribution in [0.5, 0.6) is 0 Å². The third kappa shape index (κ3) is 1.83. The topological polar surface area (TPSA) is 12.0 Å². The van der Waals surface area contributed by atoms with Crippen molar-refractivity contribution in [3.63, 3.8) is 0 Å². The zero-order valence-electron chi connectivity index (χ0n) is 6.56. The van der Waals surface area contributed by atoms with Gasteiger partial charge in [0.15, 0.2) is 0 Å². The number of hydrogen-bond donors (Lipinski definition) is 1. The van der Waals surface area contributed by atoms with Gasteiger partial charge in [-0.25, -0.2) is 0 Å². The maximum atomic E-state index is 7.38. The summed E-state index contributed by atoms with van der Waals surface area (Å²) in [6.07, 6.45) is 3.85. The smallest absolute Gasteiger partial charge is 0.122 e. The minimum absolute atomic E-state index is 0.741. The maximum absolute atomic E-state index is 7.38. The first-order chi connectivity index (χ1) is 4.29. The van der Waals surface area contributed by atoms with Crippen LogP contribution < -0.4 is 5.31 Å². The second-order valence-corrected chi connectivity index (χ2v) is 2.73. The van der Waals surface area contributed by atoms with Crippen molar-refractivity contribution in [2.75, 3.05) is 13.1 Å². The lowest BCUT2D eigenvalue weighted by atomic mass is 10.1. The van der Waals surface area contributed by atoms with E-state index in [2.05, 4.69) is 6.92 Å². The fourth-order valence-electron chi connectivity index (χ4n) is 1.12. The van der Waals surface area contributed by atoms with Crippen molar-refractivity contribution in [2.45, 2.75) is 26.2 Å². The Bertz CT molecular complexity index is 75.0. The first kappa shape index (κ1) is 4.80. The molecule has 1 rings (SSSR count). The molecule has 1 heteroatoms. The molecule has 0 saturated carbocycles. The first-order valence-corrected chi connectivity index (χ1v) is 3.53. The van der Waals surface area contributed by atoms with E-state index in [1.54, 1.807) is 5.31 Å². The lowest BCUT2D eigenvalue weighted by Crippen LogP contribution is -2.18. The van der Waals surface area contributed by atoms with Crippen LogP contribution in [-0.2, 0) is 0 Å². The fourth-order valence-corrected chi connectivity index (χ4v) is 1.12. The largest absolute Gasteiger partial charge is 0.316 e. The zero-order valence-corrected chi connectivity index (χ0v) is 5.56. The Morgan fingerprint density at radius 2 is 2.50 bits per heavy atom. The Morgan fingerprint density at radius 3 is 3.38 bits per heavy atom. The van der Waals surface area contributed by atoms with Crippen molar-refractivity contribution in [1.82, 2.24) is 5.31 Å². The third-order valence-electron chi connectivity index (χ3n) is 1.70. The lowest BCUT2D eigenvalue weighted by Gasteiger charge is -2.03. The summed E-state index contributed by atoms with van der Waals surface area (Å²) < 4.78 is 7.38.